The summed E-state index contributed by atoms with van der Waals surface area (Å²) in [7, 11) is 0. The Balaban J connectivity index is 2.19. The summed E-state index contributed by atoms with van der Waals surface area (Å²) in [5.41, 5.74) is 1.23. The highest BCUT2D eigenvalue weighted by Gasteiger charge is 2.09. The van der Waals surface area contributed by atoms with Crippen LogP contribution in [0.5, 0.6) is 0 Å². The molecule has 4 heteroatoms. The summed E-state index contributed by atoms with van der Waals surface area (Å²) < 4.78 is 2.03. The van der Waals surface area contributed by atoms with Crippen LogP contribution >= 0.6 is 0 Å². The Morgan fingerprint density at radius 1 is 1.15 bits per heavy atom. The van der Waals surface area contributed by atoms with E-state index in [0.717, 1.165) is 30.1 Å². The molecule has 3 rings (SSSR count). The van der Waals surface area contributed by atoms with E-state index in [9.17, 15) is 0 Å². The van der Waals surface area contributed by atoms with Crippen LogP contribution in [-0.4, -0.2) is 21.1 Å². The van der Waals surface area contributed by atoms with Crippen molar-refractivity contribution >= 4 is 10.8 Å². The second-order valence-electron chi connectivity index (χ2n) is 4.78. The van der Waals surface area contributed by atoms with E-state index in [4.69, 9.17) is 0 Å². The lowest BCUT2D eigenvalue weighted by Crippen LogP contribution is -2.13. The quantitative estimate of drug-likeness (QED) is 0.789. The normalized spacial score (nSPS) is 11.1. The molecular formula is C16H18N4. The van der Waals surface area contributed by atoms with Crippen LogP contribution in [0.1, 0.15) is 18.3 Å². The van der Waals surface area contributed by atoms with E-state index in [-0.39, 0.29) is 0 Å². The fraction of sp³-hybridized carbons (Fsp3) is 0.250. The number of hydrogen-bond donors (Lipinski definition) is 1. The highest BCUT2D eigenvalue weighted by atomic mass is 15.1. The SMILES string of the molecule is CCNCc1cnc(-n2ccnc2C)c2ccccc12. The number of imidazole rings is 1. The maximum absolute atomic E-state index is 4.65. The predicted molar refractivity (Wildman–Crippen MR) is 81.0 cm³/mol. The first kappa shape index (κ1) is 12.8. The summed E-state index contributed by atoms with van der Waals surface area (Å²) in [4.78, 5) is 8.93. The fourth-order valence-corrected chi connectivity index (χ4v) is 2.43. The molecule has 0 spiro atoms. The van der Waals surface area contributed by atoms with Crippen LogP contribution in [0.3, 0.4) is 0 Å². The molecule has 0 amide bonds. The number of benzene rings is 1. The largest absolute Gasteiger partial charge is 0.313 e. The molecular weight excluding hydrogens is 248 g/mol. The predicted octanol–water partition coefficient (Wildman–Crippen LogP) is 2.84. The molecule has 102 valence electrons. The third kappa shape index (κ3) is 2.18. The molecule has 3 aromatic rings. The van der Waals surface area contributed by atoms with Crippen LogP contribution in [-0.2, 0) is 6.54 Å². The number of fused-ring (bicyclic) bond motifs is 1. The van der Waals surface area contributed by atoms with Crippen LogP contribution < -0.4 is 5.32 Å². The second-order valence-corrected chi connectivity index (χ2v) is 4.78. The molecule has 0 aliphatic rings. The molecule has 2 heterocycles. The first-order valence-electron chi connectivity index (χ1n) is 6.89. The van der Waals surface area contributed by atoms with Crippen molar-refractivity contribution in [2.24, 2.45) is 0 Å². The Morgan fingerprint density at radius 3 is 2.65 bits per heavy atom. The van der Waals surface area contributed by atoms with E-state index in [1.54, 1.807) is 6.20 Å². The van der Waals surface area contributed by atoms with E-state index in [1.165, 1.54) is 10.9 Å². The summed E-state index contributed by atoms with van der Waals surface area (Å²) in [5, 5.41) is 5.76. The van der Waals surface area contributed by atoms with Crippen molar-refractivity contribution in [1.82, 2.24) is 19.9 Å². The lowest BCUT2D eigenvalue weighted by Gasteiger charge is -2.12. The third-order valence-electron chi connectivity index (χ3n) is 3.48. The number of hydrogen-bond acceptors (Lipinski definition) is 3. The lowest BCUT2D eigenvalue weighted by molar-refractivity contribution is 0.728. The average molecular weight is 266 g/mol. The monoisotopic (exact) mass is 266 g/mol. The van der Waals surface area contributed by atoms with Crippen LogP contribution in [0.4, 0.5) is 0 Å². The molecule has 2 aromatic heterocycles. The number of aryl methyl sites for hydroxylation is 1. The molecule has 0 radical (unpaired) electrons. The van der Waals surface area contributed by atoms with Gasteiger partial charge in [0.2, 0.25) is 0 Å². The summed E-state index contributed by atoms with van der Waals surface area (Å²) >= 11 is 0. The lowest BCUT2D eigenvalue weighted by atomic mass is 10.1. The minimum absolute atomic E-state index is 0.840. The van der Waals surface area contributed by atoms with Gasteiger partial charge in [-0.15, -0.1) is 0 Å². The van der Waals surface area contributed by atoms with Crippen molar-refractivity contribution < 1.29 is 0 Å². The van der Waals surface area contributed by atoms with E-state index in [2.05, 4.69) is 46.5 Å². The van der Waals surface area contributed by atoms with Gasteiger partial charge in [-0.25, -0.2) is 9.97 Å². The maximum atomic E-state index is 4.65. The number of pyridine rings is 1. The van der Waals surface area contributed by atoms with Crippen molar-refractivity contribution in [2.75, 3.05) is 6.54 Å². The molecule has 0 atom stereocenters. The van der Waals surface area contributed by atoms with Crippen molar-refractivity contribution in [2.45, 2.75) is 20.4 Å². The molecule has 0 aliphatic carbocycles. The van der Waals surface area contributed by atoms with Crippen molar-refractivity contribution in [3.05, 3.63) is 54.2 Å². The Hall–Kier alpha value is -2.20. The highest BCUT2D eigenvalue weighted by Crippen LogP contribution is 2.24. The van der Waals surface area contributed by atoms with Crippen molar-refractivity contribution in [3.63, 3.8) is 0 Å². The Kier molecular flexibility index (Phi) is 3.48. The zero-order valence-corrected chi connectivity index (χ0v) is 11.8. The first-order chi connectivity index (χ1) is 9.81. The molecule has 0 unspecified atom stereocenters. The standard InChI is InChI=1S/C16H18N4/c1-3-17-10-13-11-19-16(20-9-8-18-12(20)2)15-7-5-4-6-14(13)15/h4-9,11,17H,3,10H2,1-2H3. The summed E-state index contributed by atoms with van der Waals surface area (Å²) in [6, 6.07) is 8.39. The van der Waals surface area contributed by atoms with Crippen molar-refractivity contribution in [3.8, 4) is 5.82 Å². The minimum Gasteiger partial charge on any atom is -0.313 e. The van der Waals surface area contributed by atoms with Crippen LogP contribution in [0.25, 0.3) is 16.6 Å². The second kappa shape index (κ2) is 5.43. The van der Waals surface area contributed by atoms with Gasteiger partial charge in [-0.1, -0.05) is 31.2 Å². The minimum atomic E-state index is 0.840. The molecule has 1 aromatic carbocycles. The van der Waals surface area contributed by atoms with Gasteiger partial charge in [0, 0.05) is 30.5 Å². The van der Waals surface area contributed by atoms with Gasteiger partial charge in [-0.2, -0.15) is 0 Å². The summed E-state index contributed by atoms with van der Waals surface area (Å²) in [6.45, 7) is 5.89. The van der Waals surface area contributed by atoms with Crippen LogP contribution in [0.15, 0.2) is 42.9 Å². The number of nitrogens with zero attached hydrogens (tertiary/aromatic N) is 3. The number of nitrogens with one attached hydrogen (secondary N) is 1. The summed E-state index contributed by atoms with van der Waals surface area (Å²) in [6.07, 6.45) is 5.71. The van der Waals surface area contributed by atoms with Gasteiger partial charge in [0.1, 0.15) is 11.6 Å². The van der Waals surface area contributed by atoms with Gasteiger partial charge in [-0.3, -0.25) is 4.57 Å². The topological polar surface area (TPSA) is 42.7 Å². The van der Waals surface area contributed by atoms with Gasteiger partial charge in [0.25, 0.3) is 0 Å². The van der Waals surface area contributed by atoms with Gasteiger partial charge in [0.15, 0.2) is 0 Å². The molecule has 0 bridgehead atoms. The average Bonchev–Trinajstić information content (AvgIpc) is 2.91. The summed E-state index contributed by atoms with van der Waals surface area (Å²) in [5.74, 6) is 1.89. The van der Waals surface area contributed by atoms with Gasteiger partial charge < -0.3 is 5.32 Å². The van der Waals surface area contributed by atoms with Crippen molar-refractivity contribution in [1.29, 1.82) is 0 Å². The molecule has 0 fully saturated rings. The van der Waals surface area contributed by atoms with Gasteiger partial charge in [0.05, 0.1) is 0 Å². The first-order valence-corrected chi connectivity index (χ1v) is 6.89. The Bertz CT molecular complexity index is 730. The van der Waals surface area contributed by atoms with Crippen LogP contribution in [0.2, 0.25) is 0 Å². The molecule has 0 aliphatic heterocycles. The molecule has 1 N–H and O–H groups in total. The number of aromatic nitrogens is 3. The molecule has 20 heavy (non-hydrogen) atoms. The van der Waals surface area contributed by atoms with E-state index < -0.39 is 0 Å². The third-order valence-corrected chi connectivity index (χ3v) is 3.48. The zero-order chi connectivity index (χ0) is 13.9. The Morgan fingerprint density at radius 2 is 1.95 bits per heavy atom. The van der Waals surface area contributed by atoms with E-state index >= 15 is 0 Å². The molecule has 4 nitrogen and oxygen atoms in total. The maximum Gasteiger partial charge on any atom is 0.145 e. The van der Waals surface area contributed by atoms with E-state index in [0.29, 0.717) is 0 Å². The molecule has 0 saturated carbocycles. The smallest absolute Gasteiger partial charge is 0.145 e. The molecule has 0 saturated heterocycles. The number of rotatable bonds is 4. The highest BCUT2D eigenvalue weighted by molar-refractivity contribution is 5.91. The Labute approximate surface area is 118 Å². The van der Waals surface area contributed by atoms with Gasteiger partial charge in [-0.05, 0) is 24.4 Å². The zero-order valence-electron chi connectivity index (χ0n) is 11.8. The van der Waals surface area contributed by atoms with Gasteiger partial charge >= 0.3 is 0 Å². The van der Waals surface area contributed by atoms with Crippen LogP contribution in [0, 0.1) is 6.92 Å². The van der Waals surface area contributed by atoms with E-state index in [1.807, 2.05) is 23.9 Å². The fourth-order valence-electron chi connectivity index (χ4n) is 2.43.